The van der Waals surface area contributed by atoms with Crippen LogP contribution in [0.3, 0.4) is 0 Å². The highest BCUT2D eigenvalue weighted by atomic mass is 19.4. The van der Waals surface area contributed by atoms with Gasteiger partial charge < -0.3 is 10.2 Å². The molecule has 0 unspecified atom stereocenters. The molecule has 0 aliphatic carbocycles. The Hall–Kier alpha value is -1.86. The van der Waals surface area contributed by atoms with Gasteiger partial charge in [-0.15, -0.1) is 0 Å². The normalized spacial score (nSPS) is 11.6. The third-order valence-corrected chi connectivity index (χ3v) is 2.66. The van der Waals surface area contributed by atoms with E-state index in [2.05, 4.69) is 15.3 Å². The Labute approximate surface area is 121 Å². The van der Waals surface area contributed by atoms with Crippen LogP contribution in [0, 0.1) is 0 Å². The third-order valence-electron chi connectivity index (χ3n) is 2.66. The molecule has 0 saturated carbocycles. The molecular weight excluding hydrogens is 285 g/mol. The molecular formula is C13H19F3N4O. The minimum absolute atomic E-state index is 0.102. The molecule has 118 valence electrons. The molecule has 0 spiro atoms. The Bertz CT molecular complexity index is 459. The standard InChI is InChI=1S/C13H19F3N4O/c1-4-5-17-11-7-18-10(6-19-11)12(21)20(9(2)3)8-13(14,15)16/h6-7,9H,4-5,8H2,1-3H3,(H,17,19). The summed E-state index contributed by atoms with van der Waals surface area (Å²) in [6, 6.07) is -0.584. The molecule has 1 aromatic heterocycles. The molecule has 0 saturated heterocycles. The van der Waals surface area contributed by atoms with Crippen molar-refractivity contribution in [3.63, 3.8) is 0 Å². The SMILES string of the molecule is CCCNc1cnc(C(=O)N(CC(F)(F)F)C(C)C)cn1. The van der Waals surface area contributed by atoms with Crippen LogP contribution in [0.2, 0.25) is 0 Å². The summed E-state index contributed by atoms with van der Waals surface area (Å²) in [5, 5.41) is 2.97. The maximum Gasteiger partial charge on any atom is 0.406 e. The molecule has 0 fully saturated rings. The lowest BCUT2D eigenvalue weighted by molar-refractivity contribution is -0.143. The lowest BCUT2D eigenvalue weighted by atomic mass is 10.2. The Balaban J connectivity index is 2.84. The quantitative estimate of drug-likeness (QED) is 0.878. The molecule has 1 rings (SSSR count). The van der Waals surface area contributed by atoms with Crippen LogP contribution in [0.4, 0.5) is 19.0 Å². The zero-order valence-corrected chi connectivity index (χ0v) is 12.2. The van der Waals surface area contributed by atoms with Gasteiger partial charge in [-0.25, -0.2) is 9.97 Å². The fourth-order valence-electron chi connectivity index (χ4n) is 1.61. The van der Waals surface area contributed by atoms with E-state index in [0.717, 1.165) is 11.3 Å². The van der Waals surface area contributed by atoms with Crippen molar-refractivity contribution in [2.45, 2.75) is 39.4 Å². The van der Waals surface area contributed by atoms with Gasteiger partial charge >= 0.3 is 6.18 Å². The first-order valence-corrected chi connectivity index (χ1v) is 6.68. The average molecular weight is 304 g/mol. The highest BCUT2D eigenvalue weighted by Crippen LogP contribution is 2.19. The molecule has 0 bridgehead atoms. The number of nitrogens with one attached hydrogen (secondary N) is 1. The Morgan fingerprint density at radius 1 is 1.33 bits per heavy atom. The van der Waals surface area contributed by atoms with E-state index in [0.29, 0.717) is 12.4 Å². The van der Waals surface area contributed by atoms with E-state index in [4.69, 9.17) is 0 Å². The van der Waals surface area contributed by atoms with Crippen LogP contribution in [0.25, 0.3) is 0 Å². The number of amides is 1. The summed E-state index contributed by atoms with van der Waals surface area (Å²) in [6.45, 7) is 4.42. The zero-order valence-electron chi connectivity index (χ0n) is 12.2. The number of nitrogens with zero attached hydrogens (tertiary/aromatic N) is 3. The molecule has 5 nitrogen and oxygen atoms in total. The second-order valence-electron chi connectivity index (χ2n) is 4.86. The molecule has 8 heteroatoms. The number of carbonyl (C=O) groups is 1. The first kappa shape index (κ1) is 17.2. The summed E-state index contributed by atoms with van der Waals surface area (Å²) in [7, 11) is 0. The summed E-state index contributed by atoms with van der Waals surface area (Å²) in [5.74, 6) is -0.294. The van der Waals surface area contributed by atoms with E-state index in [-0.39, 0.29) is 5.69 Å². The van der Waals surface area contributed by atoms with Crippen LogP contribution in [0.15, 0.2) is 12.4 Å². The lowest BCUT2D eigenvalue weighted by Crippen LogP contribution is -2.43. The predicted molar refractivity (Wildman–Crippen MR) is 73.0 cm³/mol. The van der Waals surface area contributed by atoms with Gasteiger partial charge in [0.05, 0.1) is 12.4 Å². The van der Waals surface area contributed by atoms with E-state index in [1.54, 1.807) is 0 Å². The van der Waals surface area contributed by atoms with Gasteiger partial charge in [-0.2, -0.15) is 13.2 Å². The third kappa shape index (κ3) is 5.57. The fourth-order valence-corrected chi connectivity index (χ4v) is 1.61. The number of alkyl halides is 3. The van der Waals surface area contributed by atoms with Gasteiger partial charge in [-0.05, 0) is 20.3 Å². The van der Waals surface area contributed by atoms with Crippen LogP contribution < -0.4 is 5.32 Å². The number of hydrogen-bond donors (Lipinski definition) is 1. The second-order valence-corrected chi connectivity index (χ2v) is 4.86. The number of anilines is 1. The van der Waals surface area contributed by atoms with E-state index in [9.17, 15) is 18.0 Å². The van der Waals surface area contributed by atoms with E-state index in [1.807, 2.05) is 6.92 Å². The molecule has 1 amide bonds. The number of carbonyl (C=O) groups excluding carboxylic acids is 1. The molecule has 0 aromatic carbocycles. The molecule has 1 N–H and O–H groups in total. The topological polar surface area (TPSA) is 58.1 Å². The van der Waals surface area contributed by atoms with E-state index in [1.165, 1.54) is 26.2 Å². The van der Waals surface area contributed by atoms with Crippen LogP contribution in [0.5, 0.6) is 0 Å². The van der Waals surface area contributed by atoms with Crippen molar-refractivity contribution >= 4 is 11.7 Å². The fraction of sp³-hybridized carbons (Fsp3) is 0.615. The molecule has 1 aromatic rings. The van der Waals surface area contributed by atoms with Gasteiger partial charge in [-0.3, -0.25) is 4.79 Å². The highest BCUT2D eigenvalue weighted by molar-refractivity contribution is 5.92. The minimum atomic E-state index is -4.45. The molecule has 0 radical (unpaired) electrons. The Morgan fingerprint density at radius 3 is 2.43 bits per heavy atom. The van der Waals surface area contributed by atoms with Gasteiger partial charge in [0.25, 0.3) is 5.91 Å². The van der Waals surface area contributed by atoms with Crippen molar-refractivity contribution in [1.82, 2.24) is 14.9 Å². The van der Waals surface area contributed by atoms with Crippen molar-refractivity contribution in [2.75, 3.05) is 18.4 Å². The summed E-state index contributed by atoms with van der Waals surface area (Å²) in [6.07, 6.45) is -1.02. The molecule has 0 atom stereocenters. The summed E-state index contributed by atoms with van der Waals surface area (Å²) >= 11 is 0. The molecule has 21 heavy (non-hydrogen) atoms. The van der Waals surface area contributed by atoms with Crippen molar-refractivity contribution in [2.24, 2.45) is 0 Å². The van der Waals surface area contributed by atoms with Gasteiger partial charge in [-0.1, -0.05) is 6.92 Å². The van der Waals surface area contributed by atoms with Crippen LogP contribution >= 0.6 is 0 Å². The first-order chi connectivity index (χ1) is 9.74. The van der Waals surface area contributed by atoms with Gasteiger partial charge in [0.1, 0.15) is 18.1 Å². The summed E-state index contributed by atoms with van der Waals surface area (Å²) < 4.78 is 37.5. The number of halogens is 3. The van der Waals surface area contributed by atoms with E-state index < -0.39 is 24.7 Å². The van der Waals surface area contributed by atoms with Crippen molar-refractivity contribution < 1.29 is 18.0 Å². The number of rotatable bonds is 6. The summed E-state index contributed by atoms with van der Waals surface area (Å²) in [5.41, 5.74) is -0.102. The maximum absolute atomic E-state index is 12.5. The van der Waals surface area contributed by atoms with Crippen LogP contribution in [0.1, 0.15) is 37.7 Å². The summed E-state index contributed by atoms with van der Waals surface area (Å²) in [4.78, 5) is 20.7. The average Bonchev–Trinajstić information content (AvgIpc) is 2.41. The predicted octanol–water partition coefficient (Wildman–Crippen LogP) is 2.71. The molecule has 0 aliphatic heterocycles. The van der Waals surface area contributed by atoms with E-state index >= 15 is 0 Å². The van der Waals surface area contributed by atoms with Crippen molar-refractivity contribution in [3.8, 4) is 0 Å². The van der Waals surface area contributed by atoms with Crippen molar-refractivity contribution in [1.29, 1.82) is 0 Å². The monoisotopic (exact) mass is 304 g/mol. The highest BCUT2D eigenvalue weighted by Gasteiger charge is 2.35. The maximum atomic E-state index is 12.5. The Kier molecular flexibility index (Phi) is 5.92. The van der Waals surface area contributed by atoms with Gasteiger partial charge in [0, 0.05) is 12.6 Å². The minimum Gasteiger partial charge on any atom is -0.369 e. The lowest BCUT2D eigenvalue weighted by Gasteiger charge is -2.27. The number of hydrogen-bond acceptors (Lipinski definition) is 4. The second kappa shape index (κ2) is 7.24. The van der Waals surface area contributed by atoms with Gasteiger partial charge in [0.2, 0.25) is 0 Å². The smallest absolute Gasteiger partial charge is 0.369 e. The number of aromatic nitrogens is 2. The zero-order chi connectivity index (χ0) is 16.0. The molecule has 1 heterocycles. The van der Waals surface area contributed by atoms with Crippen LogP contribution in [-0.2, 0) is 0 Å². The van der Waals surface area contributed by atoms with Crippen LogP contribution in [-0.4, -0.2) is 46.1 Å². The van der Waals surface area contributed by atoms with Gasteiger partial charge in [0.15, 0.2) is 0 Å². The first-order valence-electron chi connectivity index (χ1n) is 6.68. The van der Waals surface area contributed by atoms with Crippen molar-refractivity contribution in [3.05, 3.63) is 18.1 Å². The molecule has 0 aliphatic rings. The Morgan fingerprint density at radius 2 is 2.00 bits per heavy atom. The largest absolute Gasteiger partial charge is 0.406 e.